The molecule has 0 bridgehead atoms. The van der Waals surface area contributed by atoms with Crippen LogP contribution in [0.4, 0.5) is 0 Å². The van der Waals surface area contributed by atoms with Gasteiger partial charge in [-0.1, -0.05) is 62.4 Å². The number of nitrogens with one attached hydrogen (secondary N) is 1. The highest BCUT2D eigenvalue weighted by Crippen LogP contribution is 2.28. The lowest BCUT2D eigenvalue weighted by atomic mass is 9.98. The molecule has 3 rings (SSSR count). The molecule has 0 aliphatic carbocycles. The third-order valence-corrected chi connectivity index (χ3v) is 5.59. The molecule has 5 heteroatoms. The number of rotatable bonds is 9. The Balaban J connectivity index is 1.58. The van der Waals surface area contributed by atoms with Crippen LogP contribution in [-0.4, -0.2) is 22.3 Å². The molecule has 0 fully saturated rings. The van der Waals surface area contributed by atoms with Gasteiger partial charge < -0.3 is 10.1 Å². The van der Waals surface area contributed by atoms with Gasteiger partial charge in [0.25, 0.3) is 5.91 Å². The third kappa shape index (κ3) is 5.29. The van der Waals surface area contributed by atoms with Crippen molar-refractivity contribution >= 4 is 5.91 Å². The van der Waals surface area contributed by atoms with Gasteiger partial charge in [0.2, 0.25) is 0 Å². The Bertz CT molecular complexity index is 979. The Labute approximate surface area is 179 Å². The second kappa shape index (κ2) is 10.1. The smallest absolute Gasteiger partial charge is 0.258 e. The fourth-order valence-electron chi connectivity index (χ4n) is 3.52. The maximum atomic E-state index is 12.4. The molecule has 1 amide bonds. The number of amides is 1. The lowest BCUT2D eigenvalue weighted by Gasteiger charge is -2.15. The molecule has 0 saturated heterocycles. The van der Waals surface area contributed by atoms with Gasteiger partial charge in [0.15, 0.2) is 6.61 Å². The Morgan fingerprint density at radius 1 is 1.10 bits per heavy atom. The number of ether oxygens (including phenoxy) is 1. The first-order chi connectivity index (χ1) is 14.5. The molecular formula is C25H31N3O2. The van der Waals surface area contributed by atoms with Gasteiger partial charge in [-0.05, 0) is 43.4 Å². The number of nitrogens with zero attached hydrogens (tertiary/aromatic N) is 2. The van der Waals surface area contributed by atoms with Crippen molar-refractivity contribution in [3.63, 3.8) is 0 Å². The van der Waals surface area contributed by atoms with Gasteiger partial charge in [-0.3, -0.25) is 9.48 Å². The first-order valence-electron chi connectivity index (χ1n) is 10.5. The molecule has 30 heavy (non-hydrogen) atoms. The summed E-state index contributed by atoms with van der Waals surface area (Å²) in [6, 6.07) is 18.2. The van der Waals surface area contributed by atoms with Crippen LogP contribution in [0.25, 0.3) is 0 Å². The fraction of sp³-hybridized carbons (Fsp3) is 0.360. The van der Waals surface area contributed by atoms with Gasteiger partial charge in [0.1, 0.15) is 5.75 Å². The summed E-state index contributed by atoms with van der Waals surface area (Å²) in [7, 11) is 0. The van der Waals surface area contributed by atoms with Crippen LogP contribution in [-0.2, 0) is 17.9 Å². The average Bonchev–Trinajstić information content (AvgIpc) is 3.03. The molecule has 0 saturated carbocycles. The molecule has 0 aliphatic heterocycles. The highest BCUT2D eigenvalue weighted by Gasteiger charge is 2.14. The van der Waals surface area contributed by atoms with Crippen LogP contribution in [0.1, 0.15) is 54.3 Å². The van der Waals surface area contributed by atoms with E-state index < -0.39 is 0 Å². The number of carbonyl (C=O) groups excluding carboxylic acids is 1. The van der Waals surface area contributed by atoms with Crippen molar-refractivity contribution in [3.05, 3.63) is 82.7 Å². The normalized spacial score (nSPS) is 11.9. The third-order valence-electron chi connectivity index (χ3n) is 5.59. The molecule has 5 nitrogen and oxygen atoms in total. The summed E-state index contributed by atoms with van der Waals surface area (Å²) in [5, 5.41) is 7.62. The van der Waals surface area contributed by atoms with E-state index in [1.807, 2.05) is 54.9 Å². The van der Waals surface area contributed by atoms with Crippen LogP contribution < -0.4 is 10.1 Å². The predicted molar refractivity (Wildman–Crippen MR) is 120 cm³/mol. The van der Waals surface area contributed by atoms with E-state index in [0.717, 1.165) is 41.2 Å². The highest BCUT2D eigenvalue weighted by atomic mass is 16.5. The van der Waals surface area contributed by atoms with E-state index in [1.165, 1.54) is 5.56 Å². The number of carbonyl (C=O) groups is 1. The van der Waals surface area contributed by atoms with Crippen molar-refractivity contribution in [1.82, 2.24) is 15.1 Å². The minimum Gasteiger partial charge on any atom is -0.483 e. The van der Waals surface area contributed by atoms with Crippen LogP contribution in [0, 0.1) is 13.8 Å². The first-order valence-corrected chi connectivity index (χ1v) is 10.5. The van der Waals surface area contributed by atoms with Crippen molar-refractivity contribution in [1.29, 1.82) is 0 Å². The van der Waals surface area contributed by atoms with Gasteiger partial charge in [-0.25, -0.2) is 0 Å². The van der Waals surface area contributed by atoms with Crippen molar-refractivity contribution in [3.8, 4) is 5.75 Å². The van der Waals surface area contributed by atoms with Crippen LogP contribution in [0.15, 0.2) is 54.6 Å². The average molecular weight is 406 g/mol. The van der Waals surface area contributed by atoms with E-state index in [4.69, 9.17) is 4.74 Å². The number of benzene rings is 2. The fourth-order valence-corrected chi connectivity index (χ4v) is 3.52. The minimum absolute atomic E-state index is 0.00367. The molecule has 3 aromatic rings. The summed E-state index contributed by atoms with van der Waals surface area (Å²) in [5.41, 5.74) is 5.40. The highest BCUT2D eigenvalue weighted by molar-refractivity contribution is 5.77. The summed E-state index contributed by atoms with van der Waals surface area (Å²) in [6.07, 6.45) is 1.03. The zero-order valence-corrected chi connectivity index (χ0v) is 18.3. The van der Waals surface area contributed by atoms with Crippen LogP contribution in [0.5, 0.6) is 5.75 Å². The standard InChI is InChI=1S/C25H31N3O2/c1-5-18(2)22-13-9-10-14-24(22)30-17-25(29)26-15-23-19(3)27-28(20(23)4)16-21-11-7-6-8-12-21/h6-14,18H,5,15-17H2,1-4H3,(H,26,29). The van der Waals surface area contributed by atoms with Gasteiger partial charge in [0.05, 0.1) is 12.2 Å². The monoisotopic (exact) mass is 405 g/mol. The summed E-state index contributed by atoms with van der Waals surface area (Å²) in [4.78, 5) is 12.4. The van der Waals surface area contributed by atoms with Gasteiger partial charge in [0, 0.05) is 17.8 Å². The molecule has 158 valence electrons. The Morgan fingerprint density at radius 3 is 2.53 bits per heavy atom. The Morgan fingerprint density at radius 2 is 1.80 bits per heavy atom. The lowest BCUT2D eigenvalue weighted by molar-refractivity contribution is -0.123. The molecule has 0 radical (unpaired) electrons. The number of aryl methyl sites for hydroxylation is 1. The summed E-state index contributed by atoms with van der Waals surface area (Å²) in [6.45, 7) is 9.51. The summed E-state index contributed by atoms with van der Waals surface area (Å²) >= 11 is 0. The van der Waals surface area contributed by atoms with Crippen molar-refractivity contribution in [2.24, 2.45) is 0 Å². The molecule has 1 atom stereocenters. The maximum Gasteiger partial charge on any atom is 0.258 e. The Kier molecular flexibility index (Phi) is 7.28. The van der Waals surface area contributed by atoms with Gasteiger partial charge >= 0.3 is 0 Å². The molecule has 1 unspecified atom stereocenters. The van der Waals surface area contributed by atoms with Crippen LogP contribution in [0.3, 0.4) is 0 Å². The van der Waals surface area contributed by atoms with E-state index in [-0.39, 0.29) is 12.5 Å². The van der Waals surface area contributed by atoms with E-state index in [9.17, 15) is 4.79 Å². The molecule has 1 heterocycles. The number of aromatic nitrogens is 2. The van der Waals surface area contributed by atoms with Crippen molar-refractivity contribution < 1.29 is 9.53 Å². The van der Waals surface area contributed by atoms with Crippen LogP contribution in [0.2, 0.25) is 0 Å². The van der Waals surface area contributed by atoms with Gasteiger partial charge in [-0.15, -0.1) is 0 Å². The van der Waals surface area contributed by atoms with E-state index >= 15 is 0 Å². The largest absolute Gasteiger partial charge is 0.483 e. The van der Waals surface area contributed by atoms with Crippen molar-refractivity contribution in [2.75, 3.05) is 6.61 Å². The van der Waals surface area contributed by atoms with E-state index in [0.29, 0.717) is 12.5 Å². The second-order valence-corrected chi connectivity index (χ2v) is 7.71. The maximum absolute atomic E-state index is 12.4. The quantitative estimate of drug-likeness (QED) is 0.559. The van der Waals surface area contributed by atoms with Gasteiger partial charge in [-0.2, -0.15) is 5.10 Å². The minimum atomic E-state index is -0.136. The predicted octanol–water partition coefficient (Wildman–Crippen LogP) is 4.76. The first kappa shape index (κ1) is 21.6. The van der Waals surface area contributed by atoms with Crippen LogP contribution >= 0.6 is 0 Å². The number of hydrogen-bond acceptors (Lipinski definition) is 3. The topological polar surface area (TPSA) is 56.1 Å². The van der Waals surface area contributed by atoms with E-state index in [2.05, 4.69) is 42.5 Å². The van der Waals surface area contributed by atoms with Crippen molar-refractivity contribution in [2.45, 2.75) is 53.1 Å². The zero-order chi connectivity index (χ0) is 21.5. The lowest BCUT2D eigenvalue weighted by Crippen LogP contribution is -2.29. The summed E-state index contributed by atoms with van der Waals surface area (Å²) in [5.74, 6) is 1.04. The second-order valence-electron chi connectivity index (χ2n) is 7.71. The Hall–Kier alpha value is -3.08. The molecule has 1 N–H and O–H groups in total. The van der Waals surface area contributed by atoms with E-state index in [1.54, 1.807) is 0 Å². The molecule has 2 aromatic carbocycles. The summed E-state index contributed by atoms with van der Waals surface area (Å²) < 4.78 is 7.81. The molecular weight excluding hydrogens is 374 g/mol. The molecule has 0 spiro atoms. The molecule has 0 aliphatic rings. The SMILES string of the molecule is CCC(C)c1ccccc1OCC(=O)NCc1c(C)nn(Cc2ccccc2)c1C. The number of para-hydroxylation sites is 1. The molecule has 1 aromatic heterocycles. The zero-order valence-electron chi connectivity index (χ0n) is 18.3. The number of hydrogen-bond donors (Lipinski definition) is 1.